The molecule has 1 fully saturated rings. The standard InChI is InChI=1S/C16H32F3N3/c1-4-21(5-2)10-6-7-14(3)20-15-8-11-22(12-9-15)13-16(17,18)19/h14-15,20H,4-13H2,1-3H3. The molecule has 1 rings (SSSR count). The van der Waals surface area contributed by atoms with Crippen LogP contribution < -0.4 is 5.32 Å². The van der Waals surface area contributed by atoms with Crippen LogP contribution in [0.2, 0.25) is 0 Å². The van der Waals surface area contributed by atoms with Gasteiger partial charge in [-0.05, 0) is 65.3 Å². The van der Waals surface area contributed by atoms with Crippen LogP contribution in [0.15, 0.2) is 0 Å². The number of alkyl halides is 3. The van der Waals surface area contributed by atoms with E-state index >= 15 is 0 Å². The van der Waals surface area contributed by atoms with Gasteiger partial charge in [0.1, 0.15) is 0 Å². The summed E-state index contributed by atoms with van der Waals surface area (Å²) in [6, 6.07) is 0.808. The van der Waals surface area contributed by atoms with E-state index in [1.165, 1.54) is 11.3 Å². The van der Waals surface area contributed by atoms with E-state index in [0.717, 1.165) is 38.9 Å². The van der Waals surface area contributed by atoms with Crippen molar-refractivity contribution in [1.29, 1.82) is 0 Å². The van der Waals surface area contributed by atoms with Gasteiger partial charge < -0.3 is 10.2 Å². The molecule has 0 aromatic rings. The first-order chi connectivity index (χ1) is 10.3. The highest BCUT2D eigenvalue weighted by Gasteiger charge is 2.32. The number of nitrogens with one attached hydrogen (secondary N) is 1. The molecule has 1 N–H and O–H groups in total. The third kappa shape index (κ3) is 8.34. The Balaban J connectivity index is 2.15. The summed E-state index contributed by atoms with van der Waals surface area (Å²) >= 11 is 0. The second-order valence-corrected chi connectivity index (χ2v) is 6.40. The molecular weight excluding hydrogens is 291 g/mol. The number of piperidine rings is 1. The van der Waals surface area contributed by atoms with Gasteiger partial charge in [-0.3, -0.25) is 4.90 Å². The third-order valence-corrected chi connectivity index (χ3v) is 4.52. The lowest BCUT2D eigenvalue weighted by Crippen LogP contribution is -2.47. The number of hydrogen-bond donors (Lipinski definition) is 1. The third-order valence-electron chi connectivity index (χ3n) is 4.52. The zero-order valence-corrected chi connectivity index (χ0v) is 14.3. The van der Waals surface area contributed by atoms with Crippen molar-refractivity contribution in [2.75, 3.05) is 39.3 Å². The molecule has 0 saturated carbocycles. The van der Waals surface area contributed by atoms with E-state index in [4.69, 9.17) is 0 Å². The van der Waals surface area contributed by atoms with Gasteiger partial charge in [0.05, 0.1) is 6.54 Å². The summed E-state index contributed by atoms with van der Waals surface area (Å²) in [5.74, 6) is 0. The molecule has 1 heterocycles. The van der Waals surface area contributed by atoms with Crippen molar-refractivity contribution in [3.8, 4) is 0 Å². The fourth-order valence-electron chi connectivity index (χ4n) is 3.16. The molecule has 0 aromatic carbocycles. The lowest BCUT2D eigenvalue weighted by molar-refractivity contribution is -0.148. The van der Waals surface area contributed by atoms with Gasteiger partial charge in [-0.1, -0.05) is 13.8 Å². The highest BCUT2D eigenvalue weighted by Crippen LogP contribution is 2.20. The summed E-state index contributed by atoms with van der Waals surface area (Å²) in [4.78, 5) is 3.94. The molecule has 0 amide bonds. The summed E-state index contributed by atoms with van der Waals surface area (Å²) in [5, 5.41) is 3.59. The molecule has 0 aromatic heterocycles. The lowest BCUT2D eigenvalue weighted by Gasteiger charge is -2.34. The highest BCUT2D eigenvalue weighted by molar-refractivity contribution is 4.80. The molecule has 3 nitrogen and oxygen atoms in total. The van der Waals surface area contributed by atoms with Crippen LogP contribution in [0, 0.1) is 0 Å². The van der Waals surface area contributed by atoms with Crippen LogP contribution in [0.3, 0.4) is 0 Å². The molecule has 6 heteroatoms. The normalized spacial score (nSPS) is 19.8. The van der Waals surface area contributed by atoms with E-state index in [1.807, 2.05) is 0 Å². The SMILES string of the molecule is CCN(CC)CCCC(C)NC1CCN(CC(F)(F)F)CC1. The number of halogens is 3. The summed E-state index contributed by atoms with van der Waals surface area (Å²) in [5.41, 5.74) is 0. The monoisotopic (exact) mass is 323 g/mol. The topological polar surface area (TPSA) is 18.5 Å². The van der Waals surface area contributed by atoms with Crippen LogP contribution in [0.5, 0.6) is 0 Å². The van der Waals surface area contributed by atoms with Crippen molar-refractivity contribution in [1.82, 2.24) is 15.1 Å². The molecule has 1 unspecified atom stereocenters. The second kappa shape index (κ2) is 9.73. The highest BCUT2D eigenvalue weighted by atomic mass is 19.4. The number of nitrogens with zero attached hydrogens (tertiary/aromatic N) is 2. The van der Waals surface area contributed by atoms with E-state index in [0.29, 0.717) is 25.2 Å². The predicted octanol–water partition coefficient (Wildman–Crippen LogP) is 3.11. The molecule has 1 aliphatic heterocycles. The molecule has 132 valence electrons. The van der Waals surface area contributed by atoms with E-state index in [2.05, 4.69) is 31.0 Å². The van der Waals surface area contributed by atoms with Gasteiger partial charge in [0.25, 0.3) is 0 Å². The average molecular weight is 323 g/mol. The van der Waals surface area contributed by atoms with Gasteiger partial charge in [0.15, 0.2) is 0 Å². The van der Waals surface area contributed by atoms with Crippen LogP contribution in [0.1, 0.15) is 46.5 Å². The van der Waals surface area contributed by atoms with Gasteiger partial charge in [0.2, 0.25) is 0 Å². The van der Waals surface area contributed by atoms with Crippen LogP contribution in [0.4, 0.5) is 13.2 Å². The lowest BCUT2D eigenvalue weighted by atomic mass is 10.0. The first kappa shape index (κ1) is 19.7. The minimum absolute atomic E-state index is 0.368. The maximum absolute atomic E-state index is 12.3. The Kier molecular flexibility index (Phi) is 8.72. The van der Waals surface area contributed by atoms with Gasteiger partial charge in [-0.2, -0.15) is 13.2 Å². The maximum atomic E-state index is 12.3. The molecule has 1 saturated heterocycles. The van der Waals surface area contributed by atoms with E-state index in [9.17, 15) is 13.2 Å². The van der Waals surface area contributed by atoms with Crippen LogP contribution in [0.25, 0.3) is 0 Å². The van der Waals surface area contributed by atoms with Gasteiger partial charge in [-0.15, -0.1) is 0 Å². The number of likely N-dealkylation sites (tertiary alicyclic amines) is 1. The first-order valence-corrected chi connectivity index (χ1v) is 8.61. The van der Waals surface area contributed by atoms with Crippen LogP contribution in [-0.2, 0) is 0 Å². The molecule has 1 atom stereocenters. The summed E-state index contributed by atoms with van der Waals surface area (Å²) in [7, 11) is 0. The van der Waals surface area contributed by atoms with Crippen molar-refractivity contribution in [2.24, 2.45) is 0 Å². The Labute approximate surface area is 133 Å². The Hall–Kier alpha value is -0.330. The zero-order valence-electron chi connectivity index (χ0n) is 14.3. The molecule has 0 spiro atoms. The molecule has 22 heavy (non-hydrogen) atoms. The van der Waals surface area contributed by atoms with Gasteiger partial charge in [0, 0.05) is 12.1 Å². The van der Waals surface area contributed by atoms with Crippen molar-refractivity contribution in [2.45, 2.75) is 64.7 Å². The molecule has 1 aliphatic rings. The predicted molar refractivity (Wildman–Crippen MR) is 85.1 cm³/mol. The quantitative estimate of drug-likeness (QED) is 0.703. The maximum Gasteiger partial charge on any atom is 0.401 e. The minimum atomic E-state index is -4.07. The van der Waals surface area contributed by atoms with Crippen LogP contribution >= 0.6 is 0 Å². The minimum Gasteiger partial charge on any atom is -0.311 e. The molecule has 0 bridgehead atoms. The Morgan fingerprint density at radius 1 is 1.18 bits per heavy atom. The summed E-state index contributed by atoms with van der Waals surface area (Å²) < 4.78 is 37.0. The van der Waals surface area contributed by atoms with Gasteiger partial charge in [-0.25, -0.2) is 0 Å². The molecular formula is C16H32F3N3. The summed E-state index contributed by atoms with van der Waals surface area (Å²) in [6.45, 7) is 10.2. The van der Waals surface area contributed by atoms with Crippen molar-refractivity contribution >= 4 is 0 Å². The fourth-order valence-corrected chi connectivity index (χ4v) is 3.16. The first-order valence-electron chi connectivity index (χ1n) is 8.61. The zero-order chi connectivity index (χ0) is 16.6. The smallest absolute Gasteiger partial charge is 0.311 e. The second-order valence-electron chi connectivity index (χ2n) is 6.40. The van der Waals surface area contributed by atoms with E-state index in [1.54, 1.807) is 0 Å². The van der Waals surface area contributed by atoms with Crippen molar-refractivity contribution in [3.63, 3.8) is 0 Å². The Bertz CT molecular complexity index is 285. The number of hydrogen-bond acceptors (Lipinski definition) is 3. The molecule has 0 aliphatic carbocycles. The van der Waals surface area contributed by atoms with Crippen molar-refractivity contribution < 1.29 is 13.2 Å². The van der Waals surface area contributed by atoms with E-state index in [-0.39, 0.29) is 0 Å². The summed E-state index contributed by atoms with van der Waals surface area (Å²) in [6.07, 6.45) is -0.146. The van der Waals surface area contributed by atoms with Crippen molar-refractivity contribution in [3.05, 3.63) is 0 Å². The Morgan fingerprint density at radius 2 is 1.77 bits per heavy atom. The van der Waals surface area contributed by atoms with E-state index < -0.39 is 12.7 Å². The largest absolute Gasteiger partial charge is 0.401 e. The molecule has 0 radical (unpaired) electrons. The average Bonchev–Trinajstić information content (AvgIpc) is 2.44. The number of rotatable bonds is 9. The van der Waals surface area contributed by atoms with Crippen LogP contribution in [-0.4, -0.2) is 67.3 Å². The van der Waals surface area contributed by atoms with Gasteiger partial charge >= 0.3 is 6.18 Å². The fraction of sp³-hybridized carbons (Fsp3) is 1.00. The Morgan fingerprint density at radius 3 is 2.27 bits per heavy atom.